The highest BCUT2D eigenvalue weighted by atomic mass is 32.2. The molecule has 3 rings (SSSR count). The molecule has 0 aliphatic carbocycles. The Morgan fingerprint density at radius 2 is 2.26 bits per heavy atom. The number of anilines is 1. The molecule has 0 unspecified atom stereocenters. The van der Waals surface area contributed by atoms with Crippen LogP contribution >= 0.6 is 0 Å². The van der Waals surface area contributed by atoms with Gasteiger partial charge in [0.15, 0.2) is 9.84 Å². The molecule has 6 nitrogen and oxygen atoms in total. The summed E-state index contributed by atoms with van der Waals surface area (Å²) in [6.45, 7) is 3.58. The van der Waals surface area contributed by atoms with Gasteiger partial charge in [-0.3, -0.25) is 0 Å². The number of hydrogen-bond acceptors (Lipinski definition) is 5. The van der Waals surface area contributed by atoms with E-state index in [9.17, 15) is 8.42 Å². The molecule has 19 heavy (non-hydrogen) atoms. The van der Waals surface area contributed by atoms with Crippen LogP contribution in [0.1, 0.15) is 6.42 Å². The molecule has 0 bridgehead atoms. The number of hydrogen-bond donors (Lipinski definition) is 2. The summed E-state index contributed by atoms with van der Waals surface area (Å²) in [6.07, 6.45) is 2.61. The van der Waals surface area contributed by atoms with Crippen molar-refractivity contribution >= 4 is 15.7 Å². The molecule has 2 atom stereocenters. The van der Waals surface area contributed by atoms with Crippen molar-refractivity contribution < 1.29 is 8.42 Å². The van der Waals surface area contributed by atoms with Gasteiger partial charge >= 0.3 is 0 Å². The first-order valence-electron chi connectivity index (χ1n) is 6.79. The average Bonchev–Trinajstić information content (AvgIpc) is 2.95. The van der Waals surface area contributed by atoms with Gasteiger partial charge < -0.3 is 10.6 Å². The Hall–Kier alpha value is -1.08. The zero-order chi connectivity index (χ0) is 13.3. The van der Waals surface area contributed by atoms with E-state index in [-0.39, 0.29) is 0 Å². The van der Waals surface area contributed by atoms with E-state index in [1.165, 1.54) is 0 Å². The monoisotopic (exact) mass is 284 g/mol. The van der Waals surface area contributed by atoms with Gasteiger partial charge in [0.25, 0.3) is 0 Å². The maximum atomic E-state index is 11.4. The summed E-state index contributed by atoms with van der Waals surface area (Å²) < 4.78 is 24.7. The van der Waals surface area contributed by atoms with Crippen molar-refractivity contribution in [2.75, 3.05) is 36.5 Å². The maximum absolute atomic E-state index is 11.4. The average molecular weight is 284 g/mol. The Labute approximate surface area is 113 Å². The van der Waals surface area contributed by atoms with Crippen molar-refractivity contribution in [2.24, 2.45) is 11.8 Å². The lowest BCUT2D eigenvalue weighted by Gasteiger charge is -2.25. The van der Waals surface area contributed by atoms with Crippen molar-refractivity contribution in [3.63, 3.8) is 0 Å². The lowest BCUT2D eigenvalue weighted by molar-refractivity contribution is 0.379. The maximum Gasteiger partial charge on any atom is 0.150 e. The van der Waals surface area contributed by atoms with Crippen LogP contribution in [0.5, 0.6) is 0 Å². The summed E-state index contributed by atoms with van der Waals surface area (Å²) >= 11 is 0. The van der Waals surface area contributed by atoms with Crippen molar-refractivity contribution in [3.05, 3.63) is 12.3 Å². The first kappa shape index (κ1) is 12.9. The number of aromatic nitrogens is 2. The molecule has 0 aromatic carbocycles. The SMILES string of the molecule is O=S1(=O)CC[C@@H](CNC[C@H]2CNc3ccnn3C2)C1. The van der Waals surface area contributed by atoms with E-state index in [4.69, 9.17) is 0 Å². The highest BCUT2D eigenvalue weighted by molar-refractivity contribution is 7.91. The standard InChI is InChI=1S/C12H20N4O2S/c17-19(18)4-2-10(9-19)5-13-6-11-7-14-12-1-3-15-16(12)8-11/h1,3,10-11,13-14H,2,4-9H2/t10-,11-/m0/s1. The molecule has 0 saturated carbocycles. The summed E-state index contributed by atoms with van der Waals surface area (Å²) in [4.78, 5) is 0. The summed E-state index contributed by atoms with van der Waals surface area (Å²) in [5.74, 6) is 2.60. The number of nitrogens with one attached hydrogen (secondary N) is 2. The molecule has 0 spiro atoms. The second-order valence-corrected chi connectivity index (χ2v) is 7.80. The highest BCUT2D eigenvalue weighted by Crippen LogP contribution is 2.18. The van der Waals surface area contributed by atoms with Gasteiger partial charge in [-0.1, -0.05) is 0 Å². The van der Waals surface area contributed by atoms with Gasteiger partial charge in [-0.25, -0.2) is 13.1 Å². The molecule has 1 saturated heterocycles. The van der Waals surface area contributed by atoms with Crippen LogP contribution in [0.4, 0.5) is 5.82 Å². The molecule has 1 aromatic rings. The van der Waals surface area contributed by atoms with E-state index in [0.29, 0.717) is 23.3 Å². The fourth-order valence-electron chi connectivity index (χ4n) is 2.85. The molecular weight excluding hydrogens is 264 g/mol. The van der Waals surface area contributed by atoms with Crippen LogP contribution in [-0.2, 0) is 16.4 Å². The van der Waals surface area contributed by atoms with E-state index >= 15 is 0 Å². The van der Waals surface area contributed by atoms with Crippen LogP contribution < -0.4 is 10.6 Å². The van der Waals surface area contributed by atoms with Crippen LogP contribution in [0.15, 0.2) is 12.3 Å². The van der Waals surface area contributed by atoms with E-state index in [1.807, 2.05) is 16.9 Å². The summed E-state index contributed by atoms with van der Waals surface area (Å²) in [6, 6.07) is 1.98. The summed E-state index contributed by atoms with van der Waals surface area (Å²) in [7, 11) is -2.75. The van der Waals surface area contributed by atoms with Crippen molar-refractivity contribution in [3.8, 4) is 0 Å². The first-order chi connectivity index (χ1) is 9.12. The normalized spacial score (nSPS) is 28.8. The molecule has 7 heteroatoms. The fourth-order valence-corrected chi connectivity index (χ4v) is 4.71. The van der Waals surface area contributed by atoms with Crippen LogP contribution in [0.25, 0.3) is 0 Å². The Morgan fingerprint density at radius 3 is 3.05 bits per heavy atom. The Kier molecular flexibility index (Phi) is 3.49. The highest BCUT2D eigenvalue weighted by Gasteiger charge is 2.27. The number of sulfone groups is 1. The van der Waals surface area contributed by atoms with Crippen molar-refractivity contribution in [1.29, 1.82) is 0 Å². The second-order valence-electron chi connectivity index (χ2n) is 5.57. The Morgan fingerprint density at radius 1 is 1.42 bits per heavy atom. The Balaban J connectivity index is 1.42. The van der Waals surface area contributed by atoms with E-state index < -0.39 is 9.84 Å². The Bertz CT molecular complexity index is 540. The van der Waals surface area contributed by atoms with E-state index in [0.717, 1.165) is 38.4 Å². The minimum Gasteiger partial charge on any atom is -0.370 e. The smallest absolute Gasteiger partial charge is 0.150 e. The molecular formula is C12H20N4O2S. The summed E-state index contributed by atoms with van der Waals surface area (Å²) in [5.41, 5.74) is 0. The third-order valence-corrected chi connectivity index (χ3v) is 5.75. The molecule has 0 radical (unpaired) electrons. The first-order valence-corrected chi connectivity index (χ1v) is 8.61. The molecule has 2 aliphatic rings. The lowest BCUT2D eigenvalue weighted by atomic mass is 10.1. The number of rotatable bonds is 4. The predicted octanol–water partition coefficient (Wildman–Crippen LogP) is -0.0509. The molecule has 106 valence electrons. The molecule has 2 N–H and O–H groups in total. The largest absolute Gasteiger partial charge is 0.370 e. The van der Waals surface area contributed by atoms with E-state index in [1.54, 1.807) is 0 Å². The van der Waals surface area contributed by atoms with Crippen LogP contribution in [0.3, 0.4) is 0 Å². The molecule has 1 fully saturated rings. The fraction of sp³-hybridized carbons (Fsp3) is 0.750. The predicted molar refractivity (Wildman–Crippen MR) is 73.8 cm³/mol. The summed E-state index contributed by atoms with van der Waals surface area (Å²) in [5, 5.41) is 11.0. The van der Waals surface area contributed by atoms with Gasteiger partial charge in [-0.2, -0.15) is 5.10 Å². The molecule has 0 amide bonds. The molecule has 2 aliphatic heterocycles. The topological polar surface area (TPSA) is 76.0 Å². The van der Waals surface area contributed by atoms with Crippen LogP contribution in [-0.4, -0.2) is 49.3 Å². The lowest BCUT2D eigenvalue weighted by Crippen LogP contribution is -2.37. The zero-order valence-corrected chi connectivity index (χ0v) is 11.7. The third kappa shape index (κ3) is 3.09. The minimum absolute atomic E-state index is 0.293. The quantitative estimate of drug-likeness (QED) is 0.811. The van der Waals surface area contributed by atoms with Crippen molar-refractivity contribution in [2.45, 2.75) is 13.0 Å². The molecule has 3 heterocycles. The van der Waals surface area contributed by atoms with Gasteiger partial charge in [0.05, 0.1) is 17.7 Å². The van der Waals surface area contributed by atoms with Gasteiger partial charge in [0, 0.05) is 31.6 Å². The van der Waals surface area contributed by atoms with Crippen LogP contribution in [0.2, 0.25) is 0 Å². The van der Waals surface area contributed by atoms with Crippen LogP contribution in [0, 0.1) is 11.8 Å². The van der Waals surface area contributed by atoms with Crippen molar-refractivity contribution in [1.82, 2.24) is 15.1 Å². The van der Waals surface area contributed by atoms with Gasteiger partial charge in [-0.05, 0) is 18.9 Å². The second kappa shape index (κ2) is 5.13. The number of nitrogens with zero attached hydrogens (tertiary/aromatic N) is 2. The van der Waals surface area contributed by atoms with Gasteiger partial charge in [-0.15, -0.1) is 0 Å². The minimum atomic E-state index is -2.75. The van der Waals surface area contributed by atoms with Gasteiger partial charge in [0.1, 0.15) is 5.82 Å². The zero-order valence-electron chi connectivity index (χ0n) is 10.9. The third-order valence-electron chi connectivity index (χ3n) is 3.91. The van der Waals surface area contributed by atoms with E-state index in [2.05, 4.69) is 15.7 Å². The molecule has 1 aromatic heterocycles. The number of fused-ring (bicyclic) bond motifs is 1. The van der Waals surface area contributed by atoms with Gasteiger partial charge in [0.2, 0.25) is 0 Å².